The zero-order chi connectivity index (χ0) is 21.0. The number of nitrogens with two attached hydrogens (primary N) is 1. The molecule has 0 atom stereocenters. The molecule has 0 saturated carbocycles. The lowest BCUT2D eigenvalue weighted by molar-refractivity contribution is -0.121. The maximum Gasteiger partial charge on any atom is 0.220 e. The van der Waals surface area contributed by atoms with Gasteiger partial charge >= 0.3 is 0 Å². The molecule has 0 aromatic heterocycles. The van der Waals surface area contributed by atoms with Crippen LogP contribution in [-0.4, -0.2) is 19.1 Å². The van der Waals surface area contributed by atoms with E-state index < -0.39 is 0 Å². The van der Waals surface area contributed by atoms with Crippen LogP contribution in [0.3, 0.4) is 0 Å². The molecule has 0 aliphatic heterocycles. The second-order valence-corrected chi connectivity index (χ2v) is 8.01. The smallest absolute Gasteiger partial charge is 0.220 e. The van der Waals surface area contributed by atoms with E-state index in [1.54, 1.807) is 0 Å². The van der Waals surface area contributed by atoms with Crippen LogP contribution >= 0.6 is 12.4 Å². The van der Waals surface area contributed by atoms with Gasteiger partial charge in [-0.15, -0.1) is 12.4 Å². The van der Waals surface area contributed by atoms with Gasteiger partial charge in [-0.25, -0.2) is 0 Å². The fourth-order valence-electron chi connectivity index (χ4n) is 3.45. The molecule has 1 aromatic carbocycles. The van der Waals surface area contributed by atoms with Gasteiger partial charge < -0.3 is 15.8 Å². The molecule has 5 heteroatoms. The van der Waals surface area contributed by atoms with E-state index in [0.717, 1.165) is 43.6 Å². The maximum atomic E-state index is 12.0. The first-order valence-electron chi connectivity index (χ1n) is 12.0. The van der Waals surface area contributed by atoms with Crippen molar-refractivity contribution in [2.75, 3.05) is 13.2 Å². The zero-order valence-electron chi connectivity index (χ0n) is 19.1. The molecule has 0 saturated heterocycles. The van der Waals surface area contributed by atoms with Crippen molar-refractivity contribution in [1.82, 2.24) is 5.32 Å². The van der Waals surface area contributed by atoms with E-state index in [4.69, 9.17) is 10.5 Å². The number of para-hydroxylation sites is 1. The molecule has 30 heavy (non-hydrogen) atoms. The number of amides is 1. The van der Waals surface area contributed by atoms with Crippen LogP contribution in [0, 0.1) is 0 Å². The Bertz CT molecular complexity index is 526. The highest BCUT2D eigenvalue weighted by molar-refractivity contribution is 5.85. The third-order valence-corrected chi connectivity index (χ3v) is 5.31. The average molecular weight is 441 g/mol. The Morgan fingerprint density at radius 1 is 0.867 bits per heavy atom. The van der Waals surface area contributed by atoms with Crippen molar-refractivity contribution < 1.29 is 9.53 Å². The number of benzene rings is 1. The van der Waals surface area contributed by atoms with E-state index in [0.29, 0.717) is 19.5 Å². The molecule has 0 aliphatic carbocycles. The Hall–Kier alpha value is -1.26. The molecule has 0 bridgehead atoms. The van der Waals surface area contributed by atoms with Gasteiger partial charge in [-0.05, 0) is 31.9 Å². The van der Waals surface area contributed by atoms with Gasteiger partial charge in [0.25, 0.3) is 0 Å². The lowest BCUT2D eigenvalue weighted by atomic mass is 10.1. The van der Waals surface area contributed by atoms with E-state index in [-0.39, 0.29) is 18.3 Å². The molecule has 0 unspecified atom stereocenters. The van der Waals surface area contributed by atoms with Crippen LogP contribution in [0.4, 0.5) is 0 Å². The minimum absolute atomic E-state index is 0. The minimum atomic E-state index is 0. The molecule has 174 valence electrons. The summed E-state index contributed by atoms with van der Waals surface area (Å²) in [5, 5.41) is 3.01. The SMILES string of the molecule is CCCCCCCCCCCCOc1ccccc1CNC(=O)CCCCCN.Cl. The summed E-state index contributed by atoms with van der Waals surface area (Å²) in [6, 6.07) is 8.02. The van der Waals surface area contributed by atoms with Crippen molar-refractivity contribution in [2.24, 2.45) is 5.73 Å². The summed E-state index contributed by atoms with van der Waals surface area (Å²) < 4.78 is 5.99. The highest BCUT2D eigenvalue weighted by Crippen LogP contribution is 2.18. The van der Waals surface area contributed by atoms with Crippen LogP contribution in [0.1, 0.15) is 102 Å². The number of carbonyl (C=O) groups excluding carboxylic acids is 1. The summed E-state index contributed by atoms with van der Waals surface area (Å²) in [7, 11) is 0. The van der Waals surface area contributed by atoms with Crippen LogP contribution in [0.5, 0.6) is 5.75 Å². The van der Waals surface area contributed by atoms with Crippen molar-refractivity contribution in [3.8, 4) is 5.75 Å². The molecule has 1 aromatic rings. The number of unbranched alkanes of at least 4 members (excludes halogenated alkanes) is 11. The summed E-state index contributed by atoms with van der Waals surface area (Å²) in [6.07, 6.45) is 16.7. The molecular weight excluding hydrogens is 396 g/mol. The van der Waals surface area contributed by atoms with Crippen molar-refractivity contribution in [3.05, 3.63) is 29.8 Å². The third kappa shape index (κ3) is 15.6. The van der Waals surface area contributed by atoms with Crippen LogP contribution in [0.2, 0.25) is 0 Å². The quantitative estimate of drug-likeness (QED) is 0.240. The van der Waals surface area contributed by atoms with Gasteiger partial charge in [0.05, 0.1) is 6.61 Å². The van der Waals surface area contributed by atoms with Crippen molar-refractivity contribution in [2.45, 2.75) is 103 Å². The number of rotatable bonds is 19. The number of nitrogens with one attached hydrogen (secondary N) is 1. The first-order valence-corrected chi connectivity index (χ1v) is 12.0. The first-order chi connectivity index (χ1) is 14.3. The lowest BCUT2D eigenvalue weighted by Gasteiger charge is -2.12. The van der Waals surface area contributed by atoms with Crippen LogP contribution in [0.25, 0.3) is 0 Å². The molecular formula is C25H45ClN2O2. The second-order valence-electron chi connectivity index (χ2n) is 8.01. The van der Waals surface area contributed by atoms with Gasteiger partial charge in [0.15, 0.2) is 0 Å². The lowest BCUT2D eigenvalue weighted by Crippen LogP contribution is -2.22. The molecule has 4 nitrogen and oxygen atoms in total. The maximum absolute atomic E-state index is 12.0. The highest BCUT2D eigenvalue weighted by atomic mass is 35.5. The Kier molecular flexibility index (Phi) is 20.1. The largest absolute Gasteiger partial charge is 0.493 e. The highest BCUT2D eigenvalue weighted by Gasteiger charge is 2.06. The van der Waals surface area contributed by atoms with Crippen molar-refractivity contribution in [3.63, 3.8) is 0 Å². The van der Waals surface area contributed by atoms with Gasteiger partial charge in [0.1, 0.15) is 5.75 Å². The molecule has 0 aliphatic rings. The average Bonchev–Trinajstić information content (AvgIpc) is 2.74. The van der Waals surface area contributed by atoms with Gasteiger partial charge in [-0.1, -0.05) is 89.3 Å². The Morgan fingerprint density at radius 3 is 2.13 bits per heavy atom. The topological polar surface area (TPSA) is 64.3 Å². The molecule has 0 heterocycles. The summed E-state index contributed by atoms with van der Waals surface area (Å²) >= 11 is 0. The van der Waals surface area contributed by atoms with E-state index >= 15 is 0 Å². The Morgan fingerprint density at radius 2 is 1.47 bits per heavy atom. The number of hydrogen-bond donors (Lipinski definition) is 2. The summed E-state index contributed by atoms with van der Waals surface area (Å²) in [5.74, 6) is 0.998. The molecule has 0 fully saturated rings. The van der Waals surface area contributed by atoms with Gasteiger partial charge in [0, 0.05) is 18.5 Å². The van der Waals surface area contributed by atoms with Crippen LogP contribution in [0.15, 0.2) is 24.3 Å². The fourth-order valence-corrected chi connectivity index (χ4v) is 3.45. The Balaban J connectivity index is 0.00000841. The fraction of sp³-hybridized carbons (Fsp3) is 0.720. The number of hydrogen-bond acceptors (Lipinski definition) is 3. The van der Waals surface area contributed by atoms with E-state index in [9.17, 15) is 4.79 Å². The monoisotopic (exact) mass is 440 g/mol. The number of ether oxygens (including phenoxy) is 1. The normalized spacial score (nSPS) is 10.5. The Labute approximate surface area is 191 Å². The van der Waals surface area contributed by atoms with Crippen molar-refractivity contribution >= 4 is 18.3 Å². The van der Waals surface area contributed by atoms with Gasteiger partial charge in [-0.3, -0.25) is 4.79 Å². The third-order valence-electron chi connectivity index (χ3n) is 5.31. The van der Waals surface area contributed by atoms with E-state index in [1.807, 2.05) is 24.3 Å². The molecule has 3 N–H and O–H groups in total. The zero-order valence-corrected chi connectivity index (χ0v) is 19.9. The van der Waals surface area contributed by atoms with Gasteiger partial charge in [0.2, 0.25) is 5.91 Å². The summed E-state index contributed by atoms with van der Waals surface area (Å²) in [4.78, 5) is 12.0. The van der Waals surface area contributed by atoms with Crippen LogP contribution in [-0.2, 0) is 11.3 Å². The van der Waals surface area contributed by atoms with Crippen molar-refractivity contribution in [1.29, 1.82) is 0 Å². The predicted molar refractivity (Wildman–Crippen MR) is 130 cm³/mol. The predicted octanol–water partition coefficient (Wildman–Crippen LogP) is 6.54. The first kappa shape index (κ1) is 28.7. The number of halogens is 1. The minimum Gasteiger partial charge on any atom is -0.493 e. The number of carbonyl (C=O) groups is 1. The molecule has 0 spiro atoms. The van der Waals surface area contributed by atoms with Crippen LogP contribution < -0.4 is 15.8 Å². The summed E-state index contributed by atoms with van der Waals surface area (Å²) in [6.45, 7) is 4.25. The second kappa shape index (κ2) is 21.0. The van der Waals surface area contributed by atoms with E-state index in [1.165, 1.54) is 57.8 Å². The molecule has 1 amide bonds. The van der Waals surface area contributed by atoms with E-state index in [2.05, 4.69) is 12.2 Å². The van der Waals surface area contributed by atoms with Gasteiger partial charge in [-0.2, -0.15) is 0 Å². The standard InChI is InChI=1S/C25H44N2O2.ClH/c1-2-3-4-5-6-7-8-9-10-16-21-29-24-18-14-13-17-23(24)22-27-25(28)19-12-11-15-20-26;/h13-14,17-18H,2-12,15-16,19-22,26H2,1H3,(H,27,28);1H. The molecule has 1 rings (SSSR count). The summed E-state index contributed by atoms with van der Waals surface area (Å²) in [5.41, 5.74) is 6.53. The molecule has 0 radical (unpaired) electrons.